The van der Waals surface area contributed by atoms with Crippen LogP contribution in [-0.2, 0) is 0 Å². The molecule has 0 N–H and O–H groups in total. The molecular weight excluding hydrogens is 459 g/mol. The van der Waals surface area contributed by atoms with Gasteiger partial charge in [0.2, 0.25) is 0 Å². The molecule has 2 aliphatic heterocycles. The van der Waals surface area contributed by atoms with E-state index in [4.69, 9.17) is 77.0 Å². The predicted molar refractivity (Wildman–Crippen MR) is 145 cm³/mol. The molecule has 0 saturated carbocycles. The molecule has 37 heavy (non-hydrogen) atoms. The van der Waals surface area contributed by atoms with Gasteiger partial charge in [0.25, 0.3) is 5.56 Å². The summed E-state index contributed by atoms with van der Waals surface area (Å²) in [6.45, 7) is 1.76. The predicted octanol–water partition coefficient (Wildman–Crippen LogP) is -1.82. The average Bonchev–Trinajstić information content (AvgIpc) is 2.74. The standard InChI is InChI=1S/C21H14B8N4O4/c1-10-6-15-30-5-4-16(34)32(15)31-17(10)33-18(22,23)8-12(9-19(33,24)25)35-11-2-3-13-14(7-11)37-21(28,29)20(26,27)36-13/h2-7,12H,8-9H2,1H3. The zero-order valence-corrected chi connectivity index (χ0v) is 20.0. The fourth-order valence-electron chi connectivity index (χ4n) is 4.56. The number of aryl methyl sites for hydroxylation is 1. The zero-order valence-electron chi connectivity index (χ0n) is 20.0. The van der Waals surface area contributed by atoms with Crippen LogP contribution in [-0.4, -0.2) is 105 Å². The molecule has 1 saturated heterocycles. The fourth-order valence-corrected chi connectivity index (χ4v) is 4.56. The quantitative estimate of drug-likeness (QED) is 0.415. The van der Waals surface area contributed by atoms with Crippen LogP contribution in [0.4, 0.5) is 5.82 Å². The number of nitrogens with zero attached hydrogens (tertiary/aromatic N) is 4. The molecule has 8 nitrogen and oxygen atoms in total. The molecule has 16 heteroatoms. The van der Waals surface area contributed by atoms with Crippen molar-refractivity contribution in [2.45, 2.75) is 47.3 Å². The van der Waals surface area contributed by atoms with Gasteiger partial charge < -0.3 is 19.1 Å². The maximum Gasteiger partial charge on any atom is 0.274 e. The first-order valence-corrected chi connectivity index (χ1v) is 11.3. The Labute approximate surface area is 224 Å². The van der Waals surface area contributed by atoms with E-state index in [1.54, 1.807) is 19.1 Å². The van der Waals surface area contributed by atoms with Crippen molar-refractivity contribution >= 4 is 74.2 Å². The molecule has 1 fully saturated rings. The highest BCUT2D eigenvalue weighted by molar-refractivity contribution is 6.53. The minimum atomic E-state index is -2.00. The van der Waals surface area contributed by atoms with Gasteiger partial charge in [-0.3, -0.25) is 4.79 Å². The molecule has 0 amide bonds. The van der Waals surface area contributed by atoms with Crippen molar-refractivity contribution in [3.8, 4) is 17.2 Å². The van der Waals surface area contributed by atoms with Gasteiger partial charge >= 0.3 is 0 Å². The van der Waals surface area contributed by atoms with Crippen molar-refractivity contribution in [1.29, 1.82) is 0 Å². The molecular formula is C21H14B8N4O4. The van der Waals surface area contributed by atoms with Gasteiger partial charge in [0.1, 0.15) is 43.2 Å². The van der Waals surface area contributed by atoms with Gasteiger partial charge in [0.15, 0.2) is 23.0 Å². The Balaban J connectivity index is 1.43. The second kappa shape index (κ2) is 8.37. The van der Waals surface area contributed by atoms with Crippen LogP contribution in [0.15, 0.2) is 41.3 Å². The maximum atomic E-state index is 12.3. The smallest absolute Gasteiger partial charge is 0.274 e. The molecule has 5 rings (SSSR count). The van der Waals surface area contributed by atoms with E-state index in [-0.39, 0.29) is 35.7 Å². The van der Waals surface area contributed by atoms with Crippen molar-refractivity contribution in [2.75, 3.05) is 4.90 Å². The number of hydrogen-bond donors (Lipinski definition) is 0. The van der Waals surface area contributed by atoms with Crippen LogP contribution in [0, 0.1) is 6.92 Å². The first-order valence-electron chi connectivity index (χ1n) is 11.3. The molecule has 0 aliphatic carbocycles. The first kappa shape index (κ1) is 25.9. The molecule has 1 aromatic carbocycles. The van der Waals surface area contributed by atoms with Gasteiger partial charge in [-0.1, -0.05) is 0 Å². The lowest BCUT2D eigenvalue weighted by atomic mass is 9.41. The SMILES string of the molecule is [B]C1([B])CC(Oc2ccc3c(c2)OC([B])([B])C([B])([B])O3)CC([B])([B])N1c1nn2c(=O)ccnc2cc1C. The van der Waals surface area contributed by atoms with E-state index in [1.165, 1.54) is 29.3 Å². The molecule has 2 aromatic heterocycles. The number of aromatic nitrogens is 3. The molecule has 0 bridgehead atoms. The number of benzene rings is 1. The van der Waals surface area contributed by atoms with Crippen LogP contribution in [0.3, 0.4) is 0 Å². The monoisotopic (exact) mass is 474 g/mol. The van der Waals surface area contributed by atoms with E-state index in [0.717, 1.165) is 4.52 Å². The van der Waals surface area contributed by atoms with Crippen LogP contribution in [0.25, 0.3) is 5.65 Å². The summed E-state index contributed by atoms with van der Waals surface area (Å²) in [7, 11) is 49.3. The second-order valence-corrected chi connectivity index (χ2v) is 9.57. The normalized spacial score (nSPS) is 21.4. The number of anilines is 1. The third kappa shape index (κ3) is 4.46. The van der Waals surface area contributed by atoms with Crippen LogP contribution in [0.1, 0.15) is 18.4 Å². The van der Waals surface area contributed by atoms with Gasteiger partial charge in [0, 0.05) is 29.1 Å². The van der Waals surface area contributed by atoms with E-state index in [9.17, 15) is 4.79 Å². The van der Waals surface area contributed by atoms with Crippen molar-refractivity contribution in [1.82, 2.24) is 14.6 Å². The van der Waals surface area contributed by atoms with Gasteiger partial charge in [-0.05, 0) is 54.2 Å². The highest BCUT2D eigenvalue weighted by Crippen LogP contribution is 2.43. The summed E-state index contributed by atoms with van der Waals surface area (Å²) in [5, 5.41) is -2.77. The van der Waals surface area contributed by atoms with E-state index < -0.39 is 27.6 Å². The third-order valence-electron chi connectivity index (χ3n) is 6.28. The first-order chi connectivity index (χ1) is 17.1. The summed E-state index contributed by atoms with van der Waals surface area (Å²) in [5.41, 5.74) is 0.584. The minimum Gasteiger partial charge on any atom is -0.501 e. The summed E-state index contributed by atoms with van der Waals surface area (Å²) in [6, 6.07) is 7.59. The van der Waals surface area contributed by atoms with Crippen molar-refractivity contribution in [3.05, 3.63) is 52.4 Å². The molecule has 16 radical (unpaired) electrons. The Kier molecular flexibility index (Phi) is 5.85. The van der Waals surface area contributed by atoms with E-state index in [0.29, 0.717) is 17.0 Å². The fraction of sp³-hybridized carbons (Fsp3) is 0.381. The van der Waals surface area contributed by atoms with Crippen molar-refractivity contribution in [2.24, 2.45) is 0 Å². The highest BCUT2D eigenvalue weighted by atomic mass is 16.6. The summed E-state index contributed by atoms with van der Waals surface area (Å²) < 4.78 is 18.2. The number of ether oxygens (including phenoxy) is 3. The van der Waals surface area contributed by atoms with Crippen molar-refractivity contribution in [3.63, 3.8) is 0 Å². The molecule has 2 aliphatic rings. The lowest BCUT2D eigenvalue weighted by Crippen LogP contribution is -2.70. The number of hydrogen-bond acceptors (Lipinski definition) is 7. The Morgan fingerprint density at radius 1 is 0.919 bits per heavy atom. The van der Waals surface area contributed by atoms with E-state index in [1.807, 2.05) is 0 Å². The van der Waals surface area contributed by atoms with Gasteiger partial charge in [-0.25, -0.2) is 4.98 Å². The topological polar surface area (TPSA) is 78.2 Å². The maximum absolute atomic E-state index is 12.3. The van der Waals surface area contributed by atoms with Crippen LogP contribution in [0.5, 0.6) is 17.2 Å². The summed E-state index contributed by atoms with van der Waals surface area (Å²) in [4.78, 5) is 17.9. The molecule has 4 heterocycles. The van der Waals surface area contributed by atoms with Crippen molar-refractivity contribution < 1.29 is 14.2 Å². The van der Waals surface area contributed by atoms with Gasteiger partial charge in [0.05, 0.1) is 31.4 Å². The molecule has 0 spiro atoms. The number of rotatable bonds is 3. The average molecular weight is 473 g/mol. The molecule has 0 unspecified atom stereocenters. The van der Waals surface area contributed by atoms with Crippen LogP contribution < -0.4 is 24.7 Å². The summed E-state index contributed by atoms with van der Waals surface area (Å²) in [6.07, 6.45) is 0.947. The third-order valence-corrected chi connectivity index (χ3v) is 6.28. The van der Waals surface area contributed by atoms with Gasteiger partial charge in [-0.15, -0.1) is 5.10 Å². The lowest BCUT2D eigenvalue weighted by molar-refractivity contribution is 0.0607. The molecule has 3 aromatic rings. The second-order valence-electron chi connectivity index (χ2n) is 9.57. The zero-order chi connectivity index (χ0) is 27.0. The number of piperidine rings is 1. The highest BCUT2D eigenvalue weighted by Gasteiger charge is 2.46. The van der Waals surface area contributed by atoms with Crippen LogP contribution in [0.2, 0.25) is 0 Å². The van der Waals surface area contributed by atoms with Crippen LogP contribution >= 0.6 is 0 Å². The Hall–Kier alpha value is -2.77. The molecule has 166 valence electrons. The Bertz CT molecular complexity index is 1430. The Morgan fingerprint density at radius 2 is 1.54 bits per heavy atom. The summed E-state index contributed by atoms with van der Waals surface area (Å²) in [5.74, 6) is 0.979. The van der Waals surface area contributed by atoms with E-state index in [2.05, 4.69) is 10.1 Å². The lowest BCUT2D eigenvalue weighted by Gasteiger charge is -2.58. The molecule has 0 atom stereocenters. The largest absolute Gasteiger partial charge is 0.501 e. The van der Waals surface area contributed by atoms with E-state index >= 15 is 0 Å². The van der Waals surface area contributed by atoms with Gasteiger partial charge in [-0.2, -0.15) is 4.52 Å². The Morgan fingerprint density at radius 3 is 2.19 bits per heavy atom. The number of fused-ring (bicyclic) bond motifs is 2. The summed E-state index contributed by atoms with van der Waals surface area (Å²) >= 11 is 0. The minimum absolute atomic E-state index is 0.0884.